The van der Waals surface area contributed by atoms with E-state index in [9.17, 15) is 9.59 Å². The van der Waals surface area contributed by atoms with Crippen LogP contribution >= 0.6 is 27.3 Å². The van der Waals surface area contributed by atoms with Crippen LogP contribution in [0, 0.1) is 0 Å². The van der Waals surface area contributed by atoms with Gasteiger partial charge in [-0.25, -0.2) is 0 Å². The standard InChI is InChI=1S/C12H12BrN3O2S/c1-16(5-8(14)17)12(18)11-10(15)9-6(13)3-2-4-7(9)19-11/h2-4H,5,15H2,1H3,(H2,14,17). The fourth-order valence-corrected chi connectivity index (χ4v) is 3.62. The van der Waals surface area contributed by atoms with Crippen molar-refractivity contribution >= 4 is 54.9 Å². The van der Waals surface area contributed by atoms with E-state index in [4.69, 9.17) is 11.5 Å². The highest BCUT2D eigenvalue weighted by Gasteiger charge is 2.21. The summed E-state index contributed by atoms with van der Waals surface area (Å²) in [4.78, 5) is 24.7. The van der Waals surface area contributed by atoms with Crippen LogP contribution in [0.4, 0.5) is 5.69 Å². The molecule has 0 aliphatic heterocycles. The van der Waals surface area contributed by atoms with Crippen molar-refractivity contribution in [2.75, 3.05) is 19.3 Å². The summed E-state index contributed by atoms with van der Waals surface area (Å²) < 4.78 is 1.76. The number of benzene rings is 1. The van der Waals surface area contributed by atoms with Gasteiger partial charge in [0.1, 0.15) is 4.88 Å². The number of amides is 2. The number of likely N-dealkylation sites (N-methyl/N-ethyl adjacent to an activating group) is 1. The minimum atomic E-state index is -0.559. The SMILES string of the molecule is CN(CC(N)=O)C(=O)c1sc2cccc(Br)c2c1N. The topological polar surface area (TPSA) is 89.4 Å². The maximum Gasteiger partial charge on any atom is 0.266 e. The van der Waals surface area contributed by atoms with Crippen molar-refractivity contribution in [1.29, 1.82) is 0 Å². The first-order valence-corrected chi connectivity index (χ1v) is 7.03. The highest BCUT2D eigenvalue weighted by atomic mass is 79.9. The van der Waals surface area contributed by atoms with Crippen molar-refractivity contribution in [3.8, 4) is 0 Å². The number of fused-ring (bicyclic) bond motifs is 1. The molecule has 1 aromatic carbocycles. The first-order valence-electron chi connectivity index (χ1n) is 5.42. The zero-order chi connectivity index (χ0) is 14.2. The Kier molecular flexibility index (Phi) is 3.77. The van der Waals surface area contributed by atoms with Gasteiger partial charge in [0.25, 0.3) is 5.91 Å². The Bertz CT molecular complexity index is 668. The average Bonchev–Trinajstić information content (AvgIpc) is 2.66. The average molecular weight is 342 g/mol. The summed E-state index contributed by atoms with van der Waals surface area (Å²) in [7, 11) is 1.52. The third-order valence-corrected chi connectivity index (χ3v) is 4.45. The van der Waals surface area contributed by atoms with Gasteiger partial charge in [0.05, 0.1) is 12.2 Å². The zero-order valence-electron chi connectivity index (χ0n) is 10.1. The van der Waals surface area contributed by atoms with Gasteiger partial charge >= 0.3 is 0 Å². The van der Waals surface area contributed by atoms with Crippen LogP contribution in [0.15, 0.2) is 22.7 Å². The smallest absolute Gasteiger partial charge is 0.266 e. The normalized spacial score (nSPS) is 10.6. The van der Waals surface area contributed by atoms with Crippen LogP contribution in [0.1, 0.15) is 9.67 Å². The lowest BCUT2D eigenvalue weighted by molar-refractivity contribution is -0.118. The molecule has 0 fully saturated rings. The Balaban J connectivity index is 2.46. The molecular weight excluding hydrogens is 330 g/mol. The van der Waals surface area contributed by atoms with Gasteiger partial charge in [-0.05, 0) is 12.1 Å². The van der Waals surface area contributed by atoms with Crippen LogP contribution in [-0.2, 0) is 4.79 Å². The number of primary amides is 1. The quantitative estimate of drug-likeness (QED) is 0.891. The van der Waals surface area contributed by atoms with Gasteiger partial charge in [-0.1, -0.05) is 22.0 Å². The Morgan fingerprint density at radius 2 is 2.11 bits per heavy atom. The minimum Gasteiger partial charge on any atom is -0.397 e. The Hall–Kier alpha value is -1.60. The molecular formula is C12H12BrN3O2S. The fraction of sp³-hybridized carbons (Fsp3) is 0.167. The molecule has 0 aliphatic rings. The van der Waals surface area contributed by atoms with Gasteiger partial charge in [-0.2, -0.15) is 0 Å². The molecule has 0 saturated carbocycles. The van der Waals surface area contributed by atoms with E-state index in [1.54, 1.807) is 0 Å². The van der Waals surface area contributed by atoms with Crippen LogP contribution in [-0.4, -0.2) is 30.3 Å². The van der Waals surface area contributed by atoms with Crippen LogP contribution in [0.3, 0.4) is 0 Å². The predicted molar refractivity (Wildman–Crippen MR) is 80.1 cm³/mol. The van der Waals surface area contributed by atoms with Gasteiger partial charge < -0.3 is 16.4 Å². The summed E-state index contributed by atoms with van der Waals surface area (Å²) >= 11 is 4.72. The molecule has 2 amide bonds. The lowest BCUT2D eigenvalue weighted by Crippen LogP contribution is -2.35. The highest BCUT2D eigenvalue weighted by Crippen LogP contribution is 2.38. The van der Waals surface area contributed by atoms with Gasteiger partial charge in [-0.3, -0.25) is 9.59 Å². The molecule has 0 bridgehead atoms. The molecule has 0 saturated heterocycles. The monoisotopic (exact) mass is 341 g/mol. The van der Waals surface area contributed by atoms with Crippen molar-refractivity contribution in [2.45, 2.75) is 0 Å². The van der Waals surface area contributed by atoms with Gasteiger partial charge in [0.2, 0.25) is 5.91 Å². The number of carbonyl (C=O) groups is 2. The molecule has 1 heterocycles. The van der Waals surface area contributed by atoms with Gasteiger partial charge in [0, 0.05) is 21.6 Å². The number of anilines is 1. The fourth-order valence-electron chi connectivity index (χ4n) is 1.77. The van der Waals surface area contributed by atoms with E-state index in [1.165, 1.54) is 23.3 Å². The van der Waals surface area contributed by atoms with Crippen LogP contribution in [0.2, 0.25) is 0 Å². The number of thiophene rings is 1. The molecule has 19 heavy (non-hydrogen) atoms. The molecule has 2 rings (SSSR count). The maximum absolute atomic E-state index is 12.2. The molecule has 2 aromatic rings. The number of hydrogen-bond acceptors (Lipinski definition) is 4. The van der Waals surface area contributed by atoms with Crippen molar-refractivity contribution in [2.24, 2.45) is 5.73 Å². The van der Waals surface area contributed by atoms with Gasteiger partial charge in [0.15, 0.2) is 0 Å². The Morgan fingerprint density at radius 1 is 1.42 bits per heavy atom. The zero-order valence-corrected chi connectivity index (χ0v) is 12.5. The number of nitrogen functional groups attached to an aromatic ring is 1. The van der Waals surface area contributed by atoms with Crippen molar-refractivity contribution in [3.05, 3.63) is 27.5 Å². The molecule has 1 aromatic heterocycles. The molecule has 0 radical (unpaired) electrons. The second-order valence-corrected chi connectivity index (χ2v) is 5.99. The summed E-state index contributed by atoms with van der Waals surface area (Å²) in [5, 5.41) is 0.823. The second-order valence-electron chi connectivity index (χ2n) is 4.09. The summed E-state index contributed by atoms with van der Waals surface area (Å²) in [5.74, 6) is -0.860. The van der Waals surface area contributed by atoms with Crippen molar-refractivity contribution in [1.82, 2.24) is 4.90 Å². The lowest BCUT2D eigenvalue weighted by Gasteiger charge is -2.14. The summed E-state index contributed by atoms with van der Waals surface area (Å²) in [5.41, 5.74) is 11.5. The molecule has 100 valence electrons. The van der Waals surface area contributed by atoms with Crippen molar-refractivity contribution < 1.29 is 9.59 Å². The first-order chi connectivity index (χ1) is 8.91. The molecule has 5 nitrogen and oxygen atoms in total. The second kappa shape index (κ2) is 5.18. The van der Waals surface area contributed by atoms with Gasteiger partial charge in [-0.15, -0.1) is 11.3 Å². The summed E-state index contributed by atoms with van der Waals surface area (Å²) in [6, 6.07) is 5.64. The number of carbonyl (C=O) groups excluding carboxylic acids is 2. The van der Waals surface area contributed by atoms with Crippen LogP contribution in [0.5, 0.6) is 0 Å². The van der Waals surface area contributed by atoms with E-state index in [0.29, 0.717) is 10.6 Å². The first kappa shape index (κ1) is 13.8. The van der Waals surface area contributed by atoms with Crippen molar-refractivity contribution in [3.63, 3.8) is 0 Å². The number of halogens is 1. The lowest BCUT2D eigenvalue weighted by atomic mass is 10.2. The molecule has 0 aliphatic carbocycles. The maximum atomic E-state index is 12.2. The number of nitrogens with two attached hydrogens (primary N) is 2. The van der Waals surface area contributed by atoms with E-state index < -0.39 is 5.91 Å². The van der Waals surface area contributed by atoms with Crippen LogP contribution in [0.25, 0.3) is 10.1 Å². The number of rotatable bonds is 3. The molecule has 0 spiro atoms. The third-order valence-electron chi connectivity index (χ3n) is 2.64. The Morgan fingerprint density at radius 3 is 2.68 bits per heavy atom. The predicted octanol–water partition coefficient (Wildman–Crippen LogP) is 1.80. The van der Waals surface area contributed by atoms with E-state index >= 15 is 0 Å². The van der Waals surface area contributed by atoms with E-state index in [0.717, 1.165) is 14.6 Å². The molecule has 7 heteroatoms. The Labute approximate surface area is 122 Å². The molecule has 0 atom stereocenters. The van der Waals surface area contributed by atoms with E-state index in [-0.39, 0.29) is 12.5 Å². The largest absolute Gasteiger partial charge is 0.397 e. The third kappa shape index (κ3) is 2.57. The van der Waals surface area contributed by atoms with Crippen LogP contribution < -0.4 is 11.5 Å². The number of hydrogen-bond donors (Lipinski definition) is 2. The minimum absolute atomic E-state index is 0.131. The van der Waals surface area contributed by atoms with E-state index in [1.807, 2.05) is 18.2 Å². The number of nitrogens with zero attached hydrogens (tertiary/aromatic N) is 1. The summed E-state index contributed by atoms with van der Waals surface area (Å²) in [6.45, 7) is -0.131. The highest BCUT2D eigenvalue weighted by molar-refractivity contribution is 9.10. The molecule has 4 N–H and O–H groups in total. The molecule has 0 unspecified atom stereocenters. The van der Waals surface area contributed by atoms with E-state index in [2.05, 4.69) is 15.9 Å². The summed E-state index contributed by atoms with van der Waals surface area (Å²) in [6.07, 6.45) is 0.